The molecule has 0 unspecified atom stereocenters. The molecule has 2 aromatic heterocycles. The molecule has 0 amide bonds. The van der Waals surface area contributed by atoms with Crippen molar-refractivity contribution in [2.45, 2.75) is 17.9 Å². The highest BCUT2D eigenvalue weighted by Crippen LogP contribution is 2.28. The average Bonchev–Trinajstić information content (AvgIpc) is 3.25. The van der Waals surface area contributed by atoms with Crippen molar-refractivity contribution in [2.75, 3.05) is 13.1 Å². The Labute approximate surface area is 147 Å². The van der Waals surface area contributed by atoms with Crippen LogP contribution in [0.5, 0.6) is 0 Å². The van der Waals surface area contributed by atoms with Gasteiger partial charge in [0, 0.05) is 37.9 Å². The fourth-order valence-electron chi connectivity index (χ4n) is 3.48. The lowest BCUT2D eigenvalue weighted by Gasteiger charge is -2.15. The van der Waals surface area contributed by atoms with Crippen molar-refractivity contribution in [3.05, 3.63) is 54.6 Å². The van der Waals surface area contributed by atoms with Crippen molar-refractivity contribution in [2.24, 2.45) is 13.0 Å². The third kappa shape index (κ3) is 3.05. The lowest BCUT2D eigenvalue weighted by molar-refractivity contribution is 0.454. The number of rotatable bonds is 4. The van der Waals surface area contributed by atoms with E-state index in [-0.39, 0.29) is 5.03 Å². The Morgan fingerprint density at radius 1 is 1.20 bits per heavy atom. The van der Waals surface area contributed by atoms with Crippen molar-refractivity contribution in [1.82, 2.24) is 18.8 Å². The Morgan fingerprint density at radius 2 is 2.04 bits per heavy atom. The zero-order valence-corrected chi connectivity index (χ0v) is 14.9. The van der Waals surface area contributed by atoms with Crippen LogP contribution in [0.3, 0.4) is 0 Å². The van der Waals surface area contributed by atoms with E-state index < -0.39 is 10.0 Å². The Hall–Kier alpha value is -2.25. The van der Waals surface area contributed by atoms with Gasteiger partial charge in [0.25, 0.3) is 10.0 Å². The molecule has 1 aromatic carbocycles. The highest BCUT2D eigenvalue weighted by molar-refractivity contribution is 7.89. The highest BCUT2D eigenvalue weighted by Gasteiger charge is 2.34. The number of imidazole rings is 1. The van der Waals surface area contributed by atoms with Gasteiger partial charge in [-0.15, -0.1) is 0 Å². The molecule has 0 N–H and O–H groups in total. The molecular weight excluding hydrogens is 336 g/mol. The van der Waals surface area contributed by atoms with Crippen LogP contribution >= 0.6 is 0 Å². The summed E-state index contributed by atoms with van der Waals surface area (Å²) in [5.74, 6) is 0.310. The number of aryl methyl sites for hydroxylation is 1. The standard InChI is InChI=1S/C18H20N4O2S/c1-21-12-18(20-13-21)25(23,24)22-9-7-14(11-22)10-15-6-8-19-17-5-3-2-4-16(15)17/h2-6,8,12-14H,7,9-11H2,1H3/t14-/m0/s1. The van der Waals surface area contributed by atoms with Gasteiger partial charge in [0.15, 0.2) is 5.03 Å². The Bertz CT molecular complexity index is 1010. The van der Waals surface area contributed by atoms with E-state index in [9.17, 15) is 8.42 Å². The predicted molar refractivity (Wildman–Crippen MR) is 95.5 cm³/mol. The van der Waals surface area contributed by atoms with Crippen LogP contribution in [0.4, 0.5) is 0 Å². The molecule has 1 aliphatic heterocycles. The lowest BCUT2D eigenvalue weighted by atomic mass is 9.96. The quantitative estimate of drug-likeness (QED) is 0.719. The number of sulfonamides is 1. The second-order valence-electron chi connectivity index (χ2n) is 6.59. The molecule has 3 aromatic rings. The van der Waals surface area contributed by atoms with Gasteiger partial charge in [0.2, 0.25) is 0 Å². The molecule has 1 aliphatic rings. The molecule has 0 radical (unpaired) electrons. The molecule has 4 rings (SSSR count). The van der Waals surface area contributed by atoms with Gasteiger partial charge in [-0.1, -0.05) is 18.2 Å². The molecule has 1 saturated heterocycles. The second kappa shape index (κ2) is 6.24. The first kappa shape index (κ1) is 16.2. The minimum absolute atomic E-state index is 0.130. The van der Waals surface area contributed by atoms with E-state index in [1.165, 1.54) is 11.9 Å². The molecule has 3 heterocycles. The fraction of sp³-hybridized carbons (Fsp3) is 0.333. The van der Waals surface area contributed by atoms with E-state index >= 15 is 0 Å². The van der Waals surface area contributed by atoms with Crippen LogP contribution < -0.4 is 0 Å². The number of fused-ring (bicyclic) bond motifs is 1. The first-order chi connectivity index (χ1) is 12.0. The van der Waals surface area contributed by atoms with Crippen LogP contribution in [0, 0.1) is 5.92 Å². The number of hydrogen-bond acceptors (Lipinski definition) is 4. The van der Waals surface area contributed by atoms with Crippen molar-refractivity contribution in [3.8, 4) is 0 Å². The number of para-hydroxylation sites is 1. The number of pyridine rings is 1. The van der Waals surface area contributed by atoms with Crippen LogP contribution in [0.1, 0.15) is 12.0 Å². The van der Waals surface area contributed by atoms with Gasteiger partial charge in [-0.25, -0.2) is 13.4 Å². The van der Waals surface area contributed by atoms with Crippen LogP contribution in [0.25, 0.3) is 10.9 Å². The molecular formula is C18H20N4O2S. The molecule has 130 valence electrons. The van der Waals surface area contributed by atoms with E-state index in [0.29, 0.717) is 19.0 Å². The Kier molecular flexibility index (Phi) is 4.05. The van der Waals surface area contributed by atoms with E-state index in [1.807, 2.05) is 30.5 Å². The zero-order valence-electron chi connectivity index (χ0n) is 14.0. The summed E-state index contributed by atoms with van der Waals surface area (Å²) in [5, 5.41) is 1.28. The number of benzene rings is 1. The average molecular weight is 356 g/mol. The molecule has 7 heteroatoms. The zero-order chi connectivity index (χ0) is 17.4. The van der Waals surface area contributed by atoms with Gasteiger partial charge >= 0.3 is 0 Å². The third-order valence-electron chi connectivity index (χ3n) is 4.78. The molecule has 0 bridgehead atoms. The monoisotopic (exact) mass is 356 g/mol. The maximum absolute atomic E-state index is 12.7. The Morgan fingerprint density at radius 3 is 2.84 bits per heavy atom. The van der Waals surface area contributed by atoms with E-state index in [0.717, 1.165) is 23.7 Å². The molecule has 0 saturated carbocycles. The van der Waals surface area contributed by atoms with Crippen LogP contribution in [-0.4, -0.2) is 40.3 Å². The van der Waals surface area contributed by atoms with Crippen molar-refractivity contribution in [3.63, 3.8) is 0 Å². The minimum atomic E-state index is -3.50. The van der Waals surface area contributed by atoms with Gasteiger partial charge < -0.3 is 4.57 Å². The smallest absolute Gasteiger partial charge is 0.262 e. The molecule has 25 heavy (non-hydrogen) atoms. The van der Waals surface area contributed by atoms with Crippen molar-refractivity contribution < 1.29 is 8.42 Å². The van der Waals surface area contributed by atoms with Crippen LogP contribution in [-0.2, 0) is 23.5 Å². The number of nitrogens with zero attached hydrogens (tertiary/aromatic N) is 4. The minimum Gasteiger partial charge on any atom is -0.339 e. The lowest BCUT2D eigenvalue weighted by Crippen LogP contribution is -2.29. The molecule has 1 fully saturated rings. The number of aromatic nitrogens is 3. The van der Waals surface area contributed by atoms with Gasteiger partial charge in [-0.3, -0.25) is 4.98 Å². The predicted octanol–water partition coefficient (Wildman–Crippen LogP) is 2.22. The number of hydrogen-bond donors (Lipinski definition) is 0. The topological polar surface area (TPSA) is 68.1 Å². The first-order valence-corrected chi connectivity index (χ1v) is 9.79. The largest absolute Gasteiger partial charge is 0.339 e. The normalized spacial score (nSPS) is 18.8. The van der Waals surface area contributed by atoms with Crippen LogP contribution in [0.15, 0.2) is 54.1 Å². The maximum Gasteiger partial charge on any atom is 0.262 e. The van der Waals surface area contributed by atoms with E-state index in [1.54, 1.807) is 22.1 Å². The van der Waals surface area contributed by atoms with Gasteiger partial charge in [0.1, 0.15) is 0 Å². The summed E-state index contributed by atoms with van der Waals surface area (Å²) in [5.41, 5.74) is 2.21. The molecule has 0 aliphatic carbocycles. The van der Waals surface area contributed by atoms with E-state index in [2.05, 4.69) is 16.0 Å². The SMILES string of the molecule is Cn1cnc(S(=O)(=O)N2CC[C@@H](Cc3ccnc4ccccc34)C2)c1. The molecule has 1 atom stereocenters. The second-order valence-corrected chi connectivity index (χ2v) is 8.47. The summed E-state index contributed by atoms with van der Waals surface area (Å²) in [6, 6.07) is 10.1. The molecule has 6 nitrogen and oxygen atoms in total. The van der Waals surface area contributed by atoms with Gasteiger partial charge in [-0.05, 0) is 36.5 Å². The summed E-state index contributed by atoms with van der Waals surface area (Å²) in [7, 11) is -1.73. The van der Waals surface area contributed by atoms with Crippen molar-refractivity contribution in [1.29, 1.82) is 0 Å². The summed E-state index contributed by atoms with van der Waals surface area (Å²) in [6.45, 7) is 1.09. The summed E-state index contributed by atoms with van der Waals surface area (Å²) >= 11 is 0. The van der Waals surface area contributed by atoms with Gasteiger partial charge in [-0.2, -0.15) is 4.31 Å². The summed E-state index contributed by atoms with van der Waals surface area (Å²) in [6.07, 6.45) is 6.62. The summed E-state index contributed by atoms with van der Waals surface area (Å²) in [4.78, 5) is 8.40. The van der Waals surface area contributed by atoms with E-state index in [4.69, 9.17) is 0 Å². The van der Waals surface area contributed by atoms with Gasteiger partial charge in [0.05, 0.1) is 11.8 Å². The van der Waals surface area contributed by atoms with Crippen LogP contribution in [0.2, 0.25) is 0 Å². The first-order valence-electron chi connectivity index (χ1n) is 8.35. The summed E-state index contributed by atoms with van der Waals surface area (Å²) < 4.78 is 28.6. The van der Waals surface area contributed by atoms with Crippen molar-refractivity contribution >= 4 is 20.9 Å². The highest BCUT2D eigenvalue weighted by atomic mass is 32.2. The Balaban J connectivity index is 1.53. The maximum atomic E-state index is 12.7. The third-order valence-corrected chi connectivity index (χ3v) is 6.53. The molecule has 0 spiro atoms. The fourth-order valence-corrected chi connectivity index (χ4v) is 4.98.